The van der Waals surface area contributed by atoms with E-state index < -0.39 is 8.80 Å². The summed E-state index contributed by atoms with van der Waals surface area (Å²) in [6, 6.07) is 0.943. The van der Waals surface area contributed by atoms with E-state index in [4.69, 9.17) is 13.3 Å². The summed E-state index contributed by atoms with van der Waals surface area (Å²) in [5.74, 6) is 0. The summed E-state index contributed by atoms with van der Waals surface area (Å²) in [6.45, 7) is 11.8. The molecule has 0 aromatic rings. The van der Waals surface area contributed by atoms with Crippen LogP contribution in [0, 0.1) is 0 Å². The van der Waals surface area contributed by atoms with Crippen LogP contribution in [0.1, 0.15) is 91.4 Å². The number of nitrogens with zero attached hydrogens (tertiary/aromatic N) is 1. The highest BCUT2D eigenvalue weighted by atomic mass is 28.4. The Labute approximate surface area is 164 Å². The van der Waals surface area contributed by atoms with Gasteiger partial charge in [-0.1, -0.05) is 51.4 Å². The lowest BCUT2D eigenvalue weighted by atomic mass is 10.1. The second-order valence-corrected chi connectivity index (χ2v) is 10.2. The third kappa shape index (κ3) is 11.0. The lowest BCUT2D eigenvalue weighted by Gasteiger charge is -2.29. The van der Waals surface area contributed by atoms with Crippen LogP contribution >= 0.6 is 0 Å². The summed E-state index contributed by atoms with van der Waals surface area (Å²) < 4.78 is 18.0. The van der Waals surface area contributed by atoms with Crippen LogP contribution in [0.2, 0.25) is 6.04 Å². The van der Waals surface area contributed by atoms with Gasteiger partial charge in [-0.15, -0.1) is 0 Å². The first-order chi connectivity index (χ1) is 12.8. The average Bonchev–Trinajstić information content (AvgIpc) is 2.64. The minimum absolute atomic E-state index is 0.677. The summed E-state index contributed by atoms with van der Waals surface area (Å²) in [5, 5.41) is 0. The molecule has 0 bridgehead atoms. The van der Waals surface area contributed by atoms with E-state index in [-0.39, 0.29) is 0 Å². The van der Waals surface area contributed by atoms with E-state index in [1.54, 1.807) is 0 Å². The van der Waals surface area contributed by atoms with Crippen molar-refractivity contribution in [1.29, 1.82) is 0 Å². The average molecular weight is 388 g/mol. The molecule has 0 unspecified atom stereocenters. The van der Waals surface area contributed by atoms with E-state index in [2.05, 4.69) is 4.90 Å². The zero-order valence-electron chi connectivity index (χ0n) is 17.9. The van der Waals surface area contributed by atoms with Gasteiger partial charge in [0, 0.05) is 25.9 Å². The van der Waals surface area contributed by atoms with Crippen molar-refractivity contribution in [2.75, 3.05) is 39.5 Å². The number of rotatable bonds is 10. The largest absolute Gasteiger partial charge is 0.500 e. The first-order valence-corrected chi connectivity index (χ1v) is 13.3. The number of hydrogen-bond donors (Lipinski definition) is 0. The molecule has 0 amide bonds. The molecule has 0 saturated carbocycles. The molecule has 0 atom stereocenters. The summed E-state index contributed by atoms with van der Waals surface area (Å²) in [6.07, 6.45) is 15.2. The lowest BCUT2D eigenvalue weighted by Crippen LogP contribution is -2.46. The first-order valence-electron chi connectivity index (χ1n) is 11.4. The van der Waals surface area contributed by atoms with Crippen molar-refractivity contribution in [2.24, 2.45) is 0 Å². The molecule has 26 heavy (non-hydrogen) atoms. The Morgan fingerprint density at radius 3 is 1.38 bits per heavy atom. The fourth-order valence-corrected chi connectivity index (χ4v) is 6.53. The van der Waals surface area contributed by atoms with Crippen molar-refractivity contribution < 1.29 is 13.3 Å². The maximum absolute atomic E-state index is 6.00. The lowest BCUT2D eigenvalue weighted by molar-refractivity contribution is 0.0698. The highest BCUT2D eigenvalue weighted by Crippen LogP contribution is 2.19. The topological polar surface area (TPSA) is 30.9 Å². The standard InChI is InChI=1S/C21H45NO3Si/c1-4-23-26(24-5-2,25-6-3)21-17-20-22-18-15-13-11-9-7-8-10-12-14-16-19-22/h4-21H2,1-3H3. The molecule has 4 nitrogen and oxygen atoms in total. The molecule has 5 heteroatoms. The zero-order chi connectivity index (χ0) is 18.9. The Morgan fingerprint density at radius 1 is 0.615 bits per heavy atom. The van der Waals surface area contributed by atoms with Gasteiger partial charge in [-0.3, -0.25) is 0 Å². The van der Waals surface area contributed by atoms with Gasteiger partial charge in [-0.05, 0) is 59.7 Å². The second-order valence-electron chi connectivity index (χ2n) is 7.46. The highest BCUT2D eigenvalue weighted by molar-refractivity contribution is 6.60. The van der Waals surface area contributed by atoms with Crippen LogP contribution in [-0.2, 0) is 13.3 Å². The van der Waals surface area contributed by atoms with Gasteiger partial charge in [-0.2, -0.15) is 0 Å². The van der Waals surface area contributed by atoms with E-state index in [1.165, 1.54) is 77.3 Å². The Hall–Kier alpha value is 0.0569. The van der Waals surface area contributed by atoms with Crippen molar-refractivity contribution in [1.82, 2.24) is 4.90 Å². The van der Waals surface area contributed by atoms with Crippen LogP contribution in [0.4, 0.5) is 0 Å². The fraction of sp³-hybridized carbons (Fsp3) is 1.00. The van der Waals surface area contributed by atoms with Crippen molar-refractivity contribution >= 4 is 8.80 Å². The Kier molecular flexibility index (Phi) is 14.9. The van der Waals surface area contributed by atoms with E-state index in [0.717, 1.165) is 19.0 Å². The van der Waals surface area contributed by atoms with Gasteiger partial charge in [0.25, 0.3) is 0 Å². The minimum Gasteiger partial charge on any atom is -0.374 e. The summed E-state index contributed by atoms with van der Waals surface area (Å²) in [4.78, 5) is 2.68. The van der Waals surface area contributed by atoms with Crippen molar-refractivity contribution in [3.63, 3.8) is 0 Å². The fourth-order valence-electron chi connectivity index (χ4n) is 3.94. The molecule has 1 aliphatic rings. The molecule has 1 saturated heterocycles. The second kappa shape index (κ2) is 16.1. The molecular weight excluding hydrogens is 342 g/mol. The summed E-state index contributed by atoms with van der Waals surface area (Å²) in [5.41, 5.74) is 0. The predicted octanol–water partition coefficient (Wildman–Crippen LogP) is 5.64. The molecule has 156 valence electrons. The molecule has 1 heterocycles. The van der Waals surface area contributed by atoms with Crippen LogP contribution < -0.4 is 0 Å². The third-order valence-corrected chi connectivity index (χ3v) is 8.40. The van der Waals surface area contributed by atoms with Crippen molar-refractivity contribution in [3.05, 3.63) is 0 Å². The van der Waals surface area contributed by atoms with Crippen LogP contribution in [-0.4, -0.2) is 53.2 Å². The molecular formula is C21H45NO3Si. The maximum Gasteiger partial charge on any atom is 0.500 e. The quantitative estimate of drug-likeness (QED) is 0.454. The van der Waals surface area contributed by atoms with E-state index in [0.29, 0.717) is 19.8 Å². The van der Waals surface area contributed by atoms with Gasteiger partial charge in [0.15, 0.2) is 0 Å². The highest BCUT2D eigenvalue weighted by Gasteiger charge is 2.39. The van der Waals surface area contributed by atoms with Crippen LogP contribution in [0.25, 0.3) is 0 Å². The number of hydrogen-bond acceptors (Lipinski definition) is 4. The van der Waals surface area contributed by atoms with E-state index in [9.17, 15) is 0 Å². The van der Waals surface area contributed by atoms with E-state index >= 15 is 0 Å². The summed E-state index contributed by atoms with van der Waals surface area (Å²) in [7, 11) is -2.47. The molecule has 1 aliphatic heterocycles. The van der Waals surface area contributed by atoms with Gasteiger partial charge >= 0.3 is 8.80 Å². The van der Waals surface area contributed by atoms with Gasteiger partial charge in [0.1, 0.15) is 0 Å². The Balaban J connectivity index is 2.44. The zero-order valence-corrected chi connectivity index (χ0v) is 18.9. The molecule has 0 aromatic heterocycles. The van der Waals surface area contributed by atoms with Crippen LogP contribution in [0.3, 0.4) is 0 Å². The van der Waals surface area contributed by atoms with Crippen molar-refractivity contribution in [3.8, 4) is 0 Å². The molecule has 0 radical (unpaired) electrons. The van der Waals surface area contributed by atoms with Crippen LogP contribution in [0.5, 0.6) is 0 Å². The smallest absolute Gasteiger partial charge is 0.374 e. The summed E-state index contributed by atoms with van der Waals surface area (Å²) >= 11 is 0. The molecule has 1 rings (SSSR count). The Bertz CT molecular complexity index is 287. The van der Waals surface area contributed by atoms with Gasteiger partial charge in [0.05, 0.1) is 0 Å². The van der Waals surface area contributed by atoms with E-state index in [1.807, 2.05) is 20.8 Å². The Morgan fingerprint density at radius 2 is 1.00 bits per heavy atom. The molecule has 0 aromatic carbocycles. The molecule has 0 aliphatic carbocycles. The normalized spacial score (nSPS) is 19.5. The molecule has 0 spiro atoms. The predicted molar refractivity (Wildman–Crippen MR) is 113 cm³/mol. The maximum atomic E-state index is 6.00. The molecule has 1 fully saturated rings. The van der Waals surface area contributed by atoms with Gasteiger partial charge in [-0.25, -0.2) is 0 Å². The van der Waals surface area contributed by atoms with Gasteiger partial charge in [0.2, 0.25) is 0 Å². The monoisotopic (exact) mass is 387 g/mol. The minimum atomic E-state index is -2.47. The SMILES string of the molecule is CCO[Si](CCCN1CCCCCCCCCCCC1)(OCC)OCC. The first kappa shape index (κ1) is 24.1. The van der Waals surface area contributed by atoms with Crippen LogP contribution in [0.15, 0.2) is 0 Å². The van der Waals surface area contributed by atoms with Crippen molar-refractivity contribution in [2.45, 2.75) is 97.4 Å². The third-order valence-electron chi connectivity index (χ3n) is 5.25. The molecule has 0 N–H and O–H groups in total. The van der Waals surface area contributed by atoms with Gasteiger partial charge < -0.3 is 18.2 Å².